The Morgan fingerprint density at radius 2 is 1.61 bits per heavy atom. The van der Waals surface area contributed by atoms with Gasteiger partial charge in [0.15, 0.2) is 0 Å². The lowest BCUT2D eigenvalue weighted by molar-refractivity contribution is -0.137. The molecule has 2 aromatic carbocycles. The highest BCUT2D eigenvalue weighted by Crippen LogP contribution is 2.37. The van der Waals surface area contributed by atoms with E-state index in [1.807, 2.05) is 45.0 Å². The third-order valence-electron chi connectivity index (χ3n) is 4.50. The molecule has 1 aromatic heterocycles. The Morgan fingerprint density at radius 3 is 2.21 bits per heavy atom. The van der Waals surface area contributed by atoms with Gasteiger partial charge < -0.3 is 15.4 Å². The molecule has 0 bridgehead atoms. The van der Waals surface area contributed by atoms with Gasteiger partial charge in [0, 0.05) is 11.9 Å². The first-order valence-corrected chi connectivity index (χ1v) is 10.8. The summed E-state index contributed by atoms with van der Waals surface area (Å²) in [4.78, 5) is 8.01. The number of rotatable bonds is 7. The molecule has 0 aliphatic heterocycles. The minimum Gasteiger partial charge on any atom is -0.486 e. The monoisotopic (exact) mass is 458 g/mol. The molecule has 1 heterocycles. The highest BCUT2D eigenvalue weighted by molar-refractivity contribution is 5.67. The SMILES string of the molecule is CC(C)Cc1ccc(Nc2ncc(C(F)(F)F)c(Nc3ccccc3OC(C)(C)C)n2)cc1. The number of anilines is 4. The molecular formula is C25H29F3N4O. The maximum atomic E-state index is 13.7. The summed E-state index contributed by atoms with van der Waals surface area (Å²) in [7, 11) is 0. The molecule has 0 unspecified atom stereocenters. The van der Waals surface area contributed by atoms with E-state index < -0.39 is 17.3 Å². The molecule has 0 amide bonds. The van der Waals surface area contributed by atoms with Gasteiger partial charge in [0.05, 0.1) is 5.69 Å². The molecule has 0 aliphatic carbocycles. The Hall–Kier alpha value is -3.29. The van der Waals surface area contributed by atoms with E-state index in [0.29, 0.717) is 23.0 Å². The van der Waals surface area contributed by atoms with E-state index in [0.717, 1.165) is 12.6 Å². The Labute approximate surface area is 192 Å². The Kier molecular flexibility index (Phi) is 7.15. The fourth-order valence-corrected chi connectivity index (χ4v) is 3.19. The van der Waals surface area contributed by atoms with Crippen molar-refractivity contribution in [3.05, 3.63) is 65.9 Å². The van der Waals surface area contributed by atoms with Crippen molar-refractivity contribution in [3.63, 3.8) is 0 Å². The molecule has 176 valence electrons. The molecule has 0 atom stereocenters. The Bertz CT molecular complexity index is 1070. The Morgan fingerprint density at radius 1 is 0.939 bits per heavy atom. The molecule has 33 heavy (non-hydrogen) atoms. The third-order valence-corrected chi connectivity index (χ3v) is 4.50. The summed E-state index contributed by atoms with van der Waals surface area (Å²) in [5.41, 5.74) is 0.753. The average molecular weight is 459 g/mol. The van der Waals surface area contributed by atoms with Crippen LogP contribution >= 0.6 is 0 Å². The number of halogens is 3. The van der Waals surface area contributed by atoms with E-state index in [4.69, 9.17) is 4.74 Å². The van der Waals surface area contributed by atoms with Crippen LogP contribution in [0.2, 0.25) is 0 Å². The molecule has 8 heteroatoms. The summed E-state index contributed by atoms with van der Waals surface area (Å²) in [6, 6.07) is 14.5. The molecule has 2 N–H and O–H groups in total. The first-order chi connectivity index (χ1) is 15.4. The number of ether oxygens (including phenoxy) is 1. The number of nitrogens with one attached hydrogen (secondary N) is 2. The van der Waals surface area contributed by atoms with Gasteiger partial charge in [0.25, 0.3) is 0 Å². The van der Waals surface area contributed by atoms with Crippen LogP contribution in [0.4, 0.5) is 36.3 Å². The van der Waals surface area contributed by atoms with Crippen LogP contribution in [0.3, 0.4) is 0 Å². The van der Waals surface area contributed by atoms with E-state index in [9.17, 15) is 13.2 Å². The van der Waals surface area contributed by atoms with Gasteiger partial charge in [0.2, 0.25) is 5.95 Å². The van der Waals surface area contributed by atoms with Crippen molar-refractivity contribution in [2.45, 2.75) is 52.8 Å². The van der Waals surface area contributed by atoms with Crippen LogP contribution in [-0.4, -0.2) is 15.6 Å². The number of hydrogen-bond acceptors (Lipinski definition) is 5. The first-order valence-electron chi connectivity index (χ1n) is 10.8. The van der Waals surface area contributed by atoms with Gasteiger partial charge in [-0.3, -0.25) is 0 Å². The van der Waals surface area contributed by atoms with Crippen molar-refractivity contribution < 1.29 is 17.9 Å². The van der Waals surface area contributed by atoms with Gasteiger partial charge in [-0.25, -0.2) is 4.98 Å². The van der Waals surface area contributed by atoms with Crippen molar-refractivity contribution in [1.29, 1.82) is 0 Å². The smallest absolute Gasteiger partial charge is 0.421 e. The summed E-state index contributed by atoms with van der Waals surface area (Å²) in [6.07, 6.45) is -2.90. The normalized spacial score (nSPS) is 12.0. The summed E-state index contributed by atoms with van der Waals surface area (Å²) < 4.78 is 46.9. The van der Waals surface area contributed by atoms with Crippen LogP contribution < -0.4 is 15.4 Å². The second-order valence-electron chi connectivity index (χ2n) is 9.21. The quantitative estimate of drug-likeness (QED) is 0.387. The zero-order valence-corrected chi connectivity index (χ0v) is 19.4. The van der Waals surface area contributed by atoms with Gasteiger partial charge in [-0.15, -0.1) is 0 Å². The lowest BCUT2D eigenvalue weighted by Crippen LogP contribution is -2.23. The fourth-order valence-electron chi connectivity index (χ4n) is 3.19. The summed E-state index contributed by atoms with van der Waals surface area (Å²) >= 11 is 0. The molecule has 0 radical (unpaired) electrons. The number of benzene rings is 2. The molecule has 3 aromatic rings. The highest BCUT2D eigenvalue weighted by Gasteiger charge is 2.35. The second kappa shape index (κ2) is 9.68. The van der Waals surface area contributed by atoms with E-state index in [2.05, 4.69) is 34.4 Å². The summed E-state index contributed by atoms with van der Waals surface area (Å²) in [6.45, 7) is 9.88. The molecular weight excluding hydrogens is 429 g/mol. The van der Waals surface area contributed by atoms with Crippen LogP contribution in [-0.2, 0) is 12.6 Å². The Balaban J connectivity index is 1.91. The van der Waals surface area contributed by atoms with Crippen LogP contribution in [0.25, 0.3) is 0 Å². The van der Waals surface area contributed by atoms with E-state index in [1.165, 1.54) is 5.56 Å². The maximum Gasteiger partial charge on any atom is 0.421 e. The van der Waals surface area contributed by atoms with Gasteiger partial charge >= 0.3 is 6.18 Å². The van der Waals surface area contributed by atoms with Gasteiger partial charge in [-0.05, 0) is 62.9 Å². The largest absolute Gasteiger partial charge is 0.486 e. The number of alkyl halides is 3. The van der Waals surface area contributed by atoms with Crippen molar-refractivity contribution in [2.24, 2.45) is 5.92 Å². The van der Waals surface area contributed by atoms with Gasteiger partial charge in [-0.1, -0.05) is 38.1 Å². The molecule has 0 spiro atoms. The number of nitrogens with zero attached hydrogens (tertiary/aromatic N) is 2. The molecule has 5 nitrogen and oxygen atoms in total. The predicted molar refractivity (Wildman–Crippen MR) is 125 cm³/mol. The topological polar surface area (TPSA) is 59.1 Å². The van der Waals surface area contributed by atoms with E-state index >= 15 is 0 Å². The van der Waals surface area contributed by atoms with Crippen molar-refractivity contribution >= 4 is 23.1 Å². The fraction of sp³-hybridized carbons (Fsp3) is 0.360. The summed E-state index contributed by atoms with van der Waals surface area (Å²) in [5, 5.41) is 5.77. The summed E-state index contributed by atoms with van der Waals surface area (Å²) in [5.74, 6) is 0.644. The number of aromatic nitrogens is 2. The molecule has 0 saturated heterocycles. The lowest BCUT2D eigenvalue weighted by Gasteiger charge is -2.24. The van der Waals surface area contributed by atoms with Gasteiger partial charge in [0.1, 0.15) is 22.7 Å². The van der Waals surface area contributed by atoms with E-state index in [1.54, 1.807) is 24.3 Å². The zero-order chi connectivity index (χ0) is 24.2. The van der Waals surface area contributed by atoms with Crippen LogP contribution in [0.15, 0.2) is 54.7 Å². The molecule has 0 saturated carbocycles. The standard InChI is InChI=1S/C25H29F3N4O/c1-16(2)14-17-10-12-18(13-11-17)30-23-29-15-19(25(26,27)28)22(32-23)31-20-8-6-7-9-21(20)33-24(3,4)5/h6-13,15-16H,14H2,1-5H3,(H2,29,30,31,32). The number of para-hydroxylation sites is 2. The van der Waals surface area contributed by atoms with Crippen LogP contribution in [0.5, 0.6) is 5.75 Å². The average Bonchev–Trinajstić information content (AvgIpc) is 2.69. The van der Waals surface area contributed by atoms with Gasteiger partial charge in [-0.2, -0.15) is 18.2 Å². The van der Waals surface area contributed by atoms with Crippen LogP contribution in [0.1, 0.15) is 45.7 Å². The minimum absolute atomic E-state index is 0.0522. The maximum absolute atomic E-state index is 13.7. The highest BCUT2D eigenvalue weighted by atomic mass is 19.4. The minimum atomic E-state index is -4.63. The van der Waals surface area contributed by atoms with Crippen molar-refractivity contribution in [1.82, 2.24) is 9.97 Å². The second-order valence-corrected chi connectivity index (χ2v) is 9.21. The molecule has 0 fully saturated rings. The van der Waals surface area contributed by atoms with Crippen molar-refractivity contribution in [2.75, 3.05) is 10.6 Å². The molecule has 0 aliphatic rings. The first kappa shape index (κ1) is 24.4. The molecule has 3 rings (SSSR count). The predicted octanol–water partition coefficient (Wildman–Crippen LogP) is 7.36. The van der Waals surface area contributed by atoms with Crippen molar-refractivity contribution in [3.8, 4) is 5.75 Å². The third kappa shape index (κ3) is 7.10. The van der Waals surface area contributed by atoms with E-state index in [-0.39, 0.29) is 11.8 Å². The van der Waals surface area contributed by atoms with Crippen LogP contribution in [0, 0.1) is 5.92 Å². The number of hydrogen-bond donors (Lipinski definition) is 2. The lowest BCUT2D eigenvalue weighted by atomic mass is 10.0. The zero-order valence-electron chi connectivity index (χ0n) is 19.4.